The van der Waals surface area contributed by atoms with Gasteiger partial charge in [-0.05, 0) is 25.7 Å². The zero-order valence-electron chi connectivity index (χ0n) is 11.5. The molecule has 0 aliphatic rings. The molecular weight excluding hydrogens is 218 g/mol. The van der Waals surface area contributed by atoms with Crippen LogP contribution in [0.3, 0.4) is 0 Å². The van der Waals surface area contributed by atoms with E-state index < -0.39 is 17.6 Å². The maximum atomic E-state index is 11.0. The highest BCUT2D eigenvalue weighted by molar-refractivity contribution is 5.73. The van der Waals surface area contributed by atoms with Crippen molar-refractivity contribution >= 4 is 5.97 Å². The Morgan fingerprint density at radius 1 is 1.41 bits per heavy atom. The van der Waals surface area contributed by atoms with E-state index in [2.05, 4.69) is 5.32 Å². The number of nitrogens with one attached hydrogen (secondary N) is 1. The SMILES string of the molecule is CCCCC(NCC(C)(O)CC(C)C)C(=O)O. The van der Waals surface area contributed by atoms with Crippen LogP contribution >= 0.6 is 0 Å². The number of hydrogen-bond donors (Lipinski definition) is 3. The Morgan fingerprint density at radius 3 is 2.41 bits per heavy atom. The van der Waals surface area contributed by atoms with Gasteiger partial charge in [0.1, 0.15) is 6.04 Å². The van der Waals surface area contributed by atoms with Crippen LogP contribution in [-0.2, 0) is 4.79 Å². The van der Waals surface area contributed by atoms with Gasteiger partial charge in [0, 0.05) is 6.54 Å². The second-order valence-electron chi connectivity index (χ2n) is 5.51. The maximum absolute atomic E-state index is 11.0. The number of aliphatic hydroxyl groups is 1. The summed E-state index contributed by atoms with van der Waals surface area (Å²) in [7, 11) is 0. The number of hydrogen-bond acceptors (Lipinski definition) is 3. The van der Waals surface area contributed by atoms with Crippen LogP contribution in [0.15, 0.2) is 0 Å². The Morgan fingerprint density at radius 2 is 2.00 bits per heavy atom. The molecule has 2 unspecified atom stereocenters. The number of unbranched alkanes of at least 4 members (excludes halogenated alkanes) is 1. The van der Waals surface area contributed by atoms with Gasteiger partial charge in [0.25, 0.3) is 0 Å². The number of carboxylic acid groups (broad SMARTS) is 1. The Balaban J connectivity index is 4.14. The van der Waals surface area contributed by atoms with Crippen LogP contribution in [0.5, 0.6) is 0 Å². The monoisotopic (exact) mass is 245 g/mol. The second-order valence-corrected chi connectivity index (χ2v) is 5.51. The summed E-state index contributed by atoms with van der Waals surface area (Å²) in [6, 6.07) is -0.548. The molecule has 0 aliphatic carbocycles. The molecule has 0 aromatic rings. The predicted molar refractivity (Wildman–Crippen MR) is 69.0 cm³/mol. The fourth-order valence-electron chi connectivity index (χ4n) is 2.02. The van der Waals surface area contributed by atoms with Gasteiger partial charge >= 0.3 is 5.97 Å². The first-order chi connectivity index (χ1) is 7.78. The Hall–Kier alpha value is -0.610. The third-order valence-electron chi connectivity index (χ3n) is 2.72. The minimum absolute atomic E-state index is 0.325. The molecule has 4 nitrogen and oxygen atoms in total. The summed E-state index contributed by atoms with van der Waals surface area (Å²) in [5.41, 5.74) is -0.839. The summed E-state index contributed by atoms with van der Waals surface area (Å²) in [5, 5.41) is 22.1. The van der Waals surface area contributed by atoms with E-state index >= 15 is 0 Å². The lowest BCUT2D eigenvalue weighted by Gasteiger charge is -2.27. The number of rotatable bonds is 9. The van der Waals surface area contributed by atoms with Crippen LogP contribution in [0.2, 0.25) is 0 Å². The zero-order valence-corrected chi connectivity index (χ0v) is 11.5. The van der Waals surface area contributed by atoms with Crippen molar-refractivity contribution in [1.29, 1.82) is 0 Å². The van der Waals surface area contributed by atoms with Gasteiger partial charge in [-0.3, -0.25) is 4.79 Å². The van der Waals surface area contributed by atoms with Gasteiger partial charge in [-0.1, -0.05) is 33.6 Å². The third-order valence-corrected chi connectivity index (χ3v) is 2.72. The van der Waals surface area contributed by atoms with E-state index in [1.807, 2.05) is 20.8 Å². The molecule has 3 N–H and O–H groups in total. The molecule has 0 saturated heterocycles. The largest absolute Gasteiger partial charge is 0.480 e. The van der Waals surface area contributed by atoms with Crippen molar-refractivity contribution in [2.24, 2.45) is 5.92 Å². The van der Waals surface area contributed by atoms with Gasteiger partial charge in [0.15, 0.2) is 0 Å². The number of aliphatic carboxylic acids is 1. The van der Waals surface area contributed by atoms with E-state index in [0.717, 1.165) is 12.8 Å². The molecule has 0 rings (SSSR count). The van der Waals surface area contributed by atoms with E-state index in [4.69, 9.17) is 5.11 Å². The molecule has 17 heavy (non-hydrogen) atoms. The van der Waals surface area contributed by atoms with Crippen LogP contribution in [0.25, 0.3) is 0 Å². The van der Waals surface area contributed by atoms with Crippen LogP contribution < -0.4 is 5.32 Å². The summed E-state index contributed by atoms with van der Waals surface area (Å²) >= 11 is 0. The Labute approximate surface area is 104 Å². The van der Waals surface area contributed by atoms with Gasteiger partial charge in [-0.15, -0.1) is 0 Å². The smallest absolute Gasteiger partial charge is 0.320 e. The van der Waals surface area contributed by atoms with Crippen LogP contribution in [-0.4, -0.2) is 34.4 Å². The van der Waals surface area contributed by atoms with Crippen LogP contribution in [0.4, 0.5) is 0 Å². The van der Waals surface area contributed by atoms with Crippen molar-refractivity contribution in [3.63, 3.8) is 0 Å². The van der Waals surface area contributed by atoms with Crippen molar-refractivity contribution < 1.29 is 15.0 Å². The standard InChI is InChI=1S/C13H27NO3/c1-5-6-7-11(12(15)16)14-9-13(4,17)8-10(2)3/h10-11,14,17H,5-9H2,1-4H3,(H,15,16). The van der Waals surface area contributed by atoms with Crippen LogP contribution in [0.1, 0.15) is 53.4 Å². The lowest BCUT2D eigenvalue weighted by molar-refractivity contribution is -0.140. The molecule has 0 spiro atoms. The summed E-state index contributed by atoms with van der Waals surface area (Å²) in [6.45, 7) is 8.19. The van der Waals surface area contributed by atoms with Gasteiger partial charge in [0.05, 0.1) is 5.60 Å². The normalized spacial score (nSPS) is 16.8. The molecule has 0 saturated carbocycles. The molecule has 0 aromatic heterocycles. The predicted octanol–water partition coefficient (Wildman–Crippen LogP) is 2.02. The van der Waals surface area contributed by atoms with Gasteiger partial charge < -0.3 is 15.5 Å². The average Bonchev–Trinajstić information content (AvgIpc) is 2.15. The maximum Gasteiger partial charge on any atom is 0.320 e. The molecule has 0 bridgehead atoms. The molecule has 2 atom stereocenters. The fraction of sp³-hybridized carbons (Fsp3) is 0.923. The number of carboxylic acids is 1. The van der Waals surface area contributed by atoms with Crippen molar-refractivity contribution in [2.75, 3.05) is 6.54 Å². The van der Waals surface area contributed by atoms with Crippen molar-refractivity contribution in [1.82, 2.24) is 5.32 Å². The van der Waals surface area contributed by atoms with Gasteiger partial charge in [-0.25, -0.2) is 0 Å². The minimum Gasteiger partial charge on any atom is -0.480 e. The molecule has 0 aromatic carbocycles. The van der Waals surface area contributed by atoms with E-state index in [0.29, 0.717) is 25.3 Å². The average molecular weight is 245 g/mol. The highest BCUT2D eigenvalue weighted by atomic mass is 16.4. The van der Waals surface area contributed by atoms with Gasteiger partial charge in [-0.2, -0.15) is 0 Å². The van der Waals surface area contributed by atoms with Crippen molar-refractivity contribution in [2.45, 2.75) is 65.0 Å². The molecule has 0 aliphatic heterocycles. The first-order valence-electron chi connectivity index (χ1n) is 6.47. The van der Waals surface area contributed by atoms with Crippen LogP contribution in [0, 0.1) is 5.92 Å². The van der Waals surface area contributed by atoms with Crippen molar-refractivity contribution in [3.8, 4) is 0 Å². The van der Waals surface area contributed by atoms with Gasteiger partial charge in [0.2, 0.25) is 0 Å². The quantitative estimate of drug-likeness (QED) is 0.581. The Bertz CT molecular complexity index is 227. The first-order valence-corrected chi connectivity index (χ1v) is 6.47. The topological polar surface area (TPSA) is 69.6 Å². The fourth-order valence-corrected chi connectivity index (χ4v) is 2.02. The van der Waals surface area contributed by atoms with E-state index in [1.165, 1.54) is 0 Å². The first kappa shape index (κ1) is 16.4. The minimum atomic E-state index is -0.839. The lowest BCUT2D eigenvalue weighted by atomic mass is 9.94. The molecular formula is C13H27NO3. The molecule has 4 heteroatoms. The number of carbonyl (C=O) groups is 1. The summed E-state index contributed by atoms with van der Waals surface area (Å²) < 4.78 is 0. The zero-order chi connectivity index (χ0) is 13.5. The second kappa shape index (κ2) is 7.67. The summed E-state index contributed by atoms with van der Waals surface area (Å²) in [6.07, 6.45) is 3.15. The Kier molecular flexibility index (Phi) is 7.39. The highest BCUT2D eigenvalue weighted by Crippen LogP contribution is 2.15. The molecule has 0 amide bonds. The third kappa shape index (κ3) is 8.16. The van der Waals surface area contributed by atoms with E-state index in [9.17, 15) is 9.90 Å². The highest BCUT2D eigenvalue weighted by Gasteiger charge is 2.25. The molecule has 102 valence electrons. The van der Waals surface area contributed by atoms with Crippen molar-refractivity contribution in [3.05, 3.63) is 0 Å². The lowest BCUT2D eigenvalue weighted by Crippen LogP contribution is -2.46. The molecule has 0 fully saturated rings. The molecule has 0 radical (unpaired) electrons. The summed E-state index contributed by atoms with van der Waals surface area (Å²) in [5.74, 6) is -0.440. The van der Waals surface area contributed by atoms with E-state index in [-0.39, 0.29) is 0 Å². The molecule has 0 heterocycles. The summed E-state index contributed by atoms with van der Waals surface area (Å²) in [4.78, 5) is 11.0. The van der Waals surface area contributed by atoms with E-state index in [1.54, 1.807) is 6.92 Å².